The molecule has 1 aliphatic heterocycles. The molecular weight excluding hydrogens is 316 g/mol. The van der Waals surface area contributed by atoms with Gasteiger partial charge in [-0.3, -0.25) is 9.88 Å². The summed E-state index contributed by atoms with van der Waals surface area (Å²) in [6, 6.07) is 21.6. The predicted molar refractivity (Wildman–Crippen MR) is 109 cm³/mol. The molecule has 0 saturated carbocycles. The second-order valence-electron chi connectivity index (χ2n) is 8.38. The van der Waals surface area contributed by atoms with E-state index >= 15 is 0 Å². The van der Waals surface area contributed by atoms with Crippen LogP contribution in [0.25, 0.3) is 10.9 Å². The Morgan fingerprint density at radius 1 is 1.04 bits per heavy atom. The number of para-hydroxylation sites is 1. The van der Waals surface area contributed by atoms with E-state index in [-0.39, 0.29) is 5.41 Å². The Hall–Kier alpha value is -2.19. The van der Waals surface area contributed by atoms with E-state index in [0.717, 1.165) is 18.0 Å². The van der Waals surface area contributed by atoms with Gasteiger partial charge in [-0.05, 0) is 54.0 Å². The first-order valence-electron chi connectivity index (χ1n) is 9.72. The summed E-state index contributed by atoms with van der Waals surface area (Å²) in [5.41, 5.74) is 4.02. The minimum Gasteiger partial charge on any atom is -0.299 e. The Bertz CT molecular complexity index is 870. The standard InChI is InChI=1S/C24H28N2/c1-24(2,22-14-21-10-6-7-11-23(21)25-16-22)15-20-12-13-26(18-20)17-19-8-4-3-5-9-19/h3-11,14,16,20H,12-13,15,17-18H2,1-2H3. The second kappa shape index (κ2) is 7.20. The van der Waals surface area contributed by atoms with Crippen LogP contribution in [0.2, 0.25) is 0 Å². The molecule has 1 fully saturated rings. The van der Waals surface area contributed by atoms with Gasteiger partial charge in [-0.1, -0.05) is 62.4 Å². The topological polar surface area (TPSA) is 16.1 Å². The third-order valence-electron chi connectivity index (χ3n) is 5.79. The molecule has 0 aliphatic carbocycles. The molecule has 4 rings (SSSR count). The van der Waals surface area contributed by atoms with Crippen LogP contribution in [-0.2, 0) is 12.0 Å². The van der Waals surface area contributed by atoms with Crippen molar-refractivity contribution in [3.8, 4) is 0 Å². The summed E-state index contributed by atoms with van der Waals surface area (Å²) >= 11 is 0. The maximum absolute atomic E-state index is 4.68. The fourth-order valence-electron chi connectivity index (χ4n) is 4.35. The summed E-state index contributed by atoms with van der Waals surface area (Å²) in [6.07, 6.45) is 4.61. The van der Waals surface area contributed by atoms with Gasteiger partial charge in [-0.15, -0.1) is 0 Å². The van der Waals surface area contributed by atoms with Crippen LogP contribution < -0.4 is 0 Å². The van der Waals surface area contributed by atoms with Gasteiger partial charge in [0.05, 0.1) is 5.52 Å². The molecule has 1 atom stereocenters. The molecule has 1 aromatic heterocycles. The highest BCUT2D eigenvalue weighted by molar-refractivity contribution is 5.78. The summed E-state index contributed by atoms with van der Waals surface area (Å²) in [5, 5.41) is 1.25. The number of fused-ring (bicyclic) bond motifs is 1. The van der Waals surface area contributed by atoms with E-state index in [1.165, 1.54) is 42.4 Å². The predicted octanol–water partition coefficient (Wildman–Crippen LogP) is 5.42. The number of pyridine rings is 1. The molecule has 2 heterocycles. The largest absolute Gasteiger partial charge is 0.299 e. The Morgan fingerprint density at radius 3 is 2.65 bits per heavy atom. The maximum Gasteiger partial charge on any atom is 0.0702 e. The minimum atomic E-state index is 0.157. The molecule has 2 aromatic carbocycles. The molecule has 0 amide bonds. The van der Waals surface area contributed by atoms with Crippen LogP contribution in [0.4, 0.5) is 0 Å². The van der Waals surface area contributed by atoms with Gasteiger partial charge in [0, 0.05) is 24.7 Å². The van der Waals surface area contributed by atoms with Gasteiger partial charge in [-0.25, -0.2) is 0 Å². The average molecular weight is 345 g/mol. The first kappa shape index (κ1) is 17.2. The molecular formula is C24H28N2. The van der Waals surface area contributed by atoms with Gasteiger partial charge in [0.15, 0.2) is 0 Å². The highest BCUT2D eigenvalue weighted by atomic mass is 15.1. The Balaban J connectivity index is 1.42. The van der Waals surface area contributed by atoms with E-state index in [1.807, 2.05) is 0 Å². The van der Waals surface area contributed by atoms with Crippen LogP contribution in [0.1, 0.15) is 37.8 Å². The van der Waals surface area contributed by atoms with Crippen molar-refractivity contribution in [2.24, 2.45) is 5.92 Å². The van der Waals surface area contributed by atoms with Crippen molar-refractivity contribution in [1.82, 2.24) is 9.88 Å². The van der Waals surface area contributed by atoms with Crippen LogP contribution in [0, 0.1) is 5.92 Å². The van der Waals surface area contributed by atoms with Crippen molar-refractivity contribution in [2.45, 2.75) is 38.6 Å². The summed E-state index contributed by atoms with van der Waals surface area (Å²) < 4.78 is 0. The molecule has 2 heteroatoms. The van der Waals surface area contributed by atoms with Gasteiger partial charge in [-0.2, -0.15) is 0 Å². The number of likely N-dealkylation sites (tertiary alicyclic amines) is 1. The third-order valence-corrected chi connectivity index (χ3v) is 5.79. The zero-order valence-corrected chi connectivity index (χ0v) is 15.9. The number of aromatic nitrogens is 1. The fourth-order valence-corrected chi connectivity index (χ4v) is 4.35. The lowest BCUT2D eigenvalue weighted by Crippen LogP contribution is -2.25. The highest BCUT2D eigenvalue weighted by Gasteiger charge is 2.30. The van der Waals surface area contributed by atoms with Crippen molar-refractivity contribution < 1.29 is 0 Å². The van der Waals surface area contributed by atoms with Crippen LogP contribution in [-0.4, -0.2) is 23.0 Å². The number of benzene rings is 2. The van der Waals surface area contributed by atoms with Crippen LogP contribution in [0.15, 0.2) is 66.9 Å². The van der Waals surface area contributed by atoms with Crippen LogP contribution >= 0.6 is 0 Å². The average Bonchev–Trinajstić information content (AvgIpc) is 3.08. The lowest BCUT2D eigenvalue weighted by atomic mass is 9.77. The first-order valence-corrected chi connectivity index (χ1v) is 9.72. The number of hydrogen-bond acceptors (Lipinski definition) is 2. The SMILES string of the molecule is CC(C)(CC1CCN(Cc2ccccc2)C1)c1cnc2ccccc2c1. The quantitative estimate of drug-likeness (QED) is 0.614. The molecule has 3 aromatic rings. The second-order valence-corrected chi connectivity index (χ2v) is 8.38. The Morgan fingerprint density at radius 2 is 1.81 bits per heavy atom. The molecule has 0 radical (unpaired) electrons. The molecule has 1 unspecified atom stereocenters. The zero-order chi connectivity index (χ0) is 18.0. The van der Waals surface area contributed by atoms with Crippen molar-refractivity contribution in [3.05, 3.63) is 78.0 Å². The van der Waals surface area contributed by atoms with E-state index in [2.05, 4.69) is 90.6 Å². The van der Waals surface area contributed by atoms with E-state index < -0.39 is 0 Å². The summed E-state index contributed by atoms with van der Waals surface area (Å²) in [7, 11) is 0. The molecule has 1 saturated heterocycles. The Kier molecular flexibility index (Phi) is 4.78. The summed E-state index contributed by atoms with van der Waals surface area (Å²) in [5.74, 6) is 0.764. The smallest absolute Gasteiger partial charge is 0.0702 e. The van der Waals surface area contributed by atoms with Crippen molar-refractivity contribution in [2.75, 3.05) is 13.1 Å². The van der Waals surface area contributed by atoms with Gasteiger partial charge in [0.1, 0.15) is 0 Å². The maximum atomic E-state index is 4.68. The number of rotatable bonds is 5. The van der Waals surface area contributed by atoms with Crippen molar-refractivity contribution >= 4 is 10.9 Å². The Labute approximate surface area is 156 Å². The van der Waals surface area contributed by atoms with Crippen molar-refractivity contribution in [3.63, 3.8) is 0 Å². The van der Waals surface area contributed by atoms with Gasteiger partial charge in [0.2, 0.25) is 0 Å². The third kappa shape index (κ3) is 3.81. The molecule has 1 aliphatic rings. The lowest BCUT2D eigenvalue weighted by Gasteiger charge is -2.28. The molecule has 0 N–H and O–H groups in total. The van der Waals surface area contributed by atoms with Gasteiger partial charge >= 0.3 is 0 Å². The normalized spacial score (nSPS) is 18.5. The van der Waals surface area contributed by atoms with Crippen LogP contribution in [0.3, 0.4) is 0 Å². The van der Waals surface area contributed by atoms with E-state index in [9.17, 15) is 0 Å². The van der Waals surface area contributed by atoms with E-state index in [4.69, 9.17) is 0 Å². The van der Waals surface area contributed by atoms with Crippen molar-refractivity contribution in [1.29, 1.82) is 0 Å². The molecule has 134 valence electrons. The van der Waals surface area contributed by atoms with Gasteiger partial charge in [0.25, 0.3) is 0 Å². The minimum absolute atomic E-state index is 0.157. The fraction of sp³-hybridized carbons (Fsp3) is 0.375. The zero-order valence-electron chi connectivity index (χ0n) is 15.9. The summed E-state index contributed by atoms with van der Waals surface area (Å²) in [6.45, 7) is 8.25. The molecule has 26 heavy (non-hydrogen) atoms. The first-order chi connectivity index (χ1) is 12.6. The molecule has 0 bridgehead atoms. The van der Waals surface area contributed by atoms with E-state index in [1.54, 1.807) is 0 Å². The monoisotopic (exact) mass is 344 g/mol. The molecule has 2 nitrogen and oxygen atoms in total. The van der Waals surface area contributed by atoms with Crippen LogP contribution in [0.5, 0.6) is 0 Å². The number of hydrogen-bond donors (Lipinski definition) is 0. The lowest BCUT2D eigenvalue weighted by molar-refractivity contribution is 0.296. The van der Waals surface area contributed by atoms with E-state index in [0.29, 0.717) is 0 Å². The highest BCUT2D eigenvalue weighted by Crippen LogP contribution is 2.35. The van der Waals surface area contributed by atoms with Gasteiger partial charge < -0.3 is 0 Å². The molecule has 0 spiro atoms. The summed E-state index contributed by atoms with van der Waals surface area (Å²) in [4.78, 5) is 7.29. The number of nitrogens with zero attached hydrogens (tertiary/aromatic N) is 2.